The van der Waals surface area contributed by atoms with Crippen LogP contribution in [-0.2, 0) is 28.4 Å². The minimum atomic E-state index is 0.329. The van der Waals surface area contributed by atoms with Crippen LogP contribution >= 0.6 is 0 Å². The summed E-state index contributed by atoms with van der Waals surface area (Å²) in [5.74, 6) is 0. The van der Waals surface area contributed by atoms with Crippen LogP contribution < -0.4 is 0 Å². The Morgan fingerprint density at radius 1 is 0.650 bits per heavy atom. The van der Waals surface area contributed by atoms with Gasteiger partial charge in [0.15, 0.2) is 0 Å². The van der Waals surface area contributed by atoms with E-state index >= 15 is 0 Å². The summed E-state index contributed by atoms with van der Waals surface area (Å²) >= 11 is 0. The maximum atomic E-state index is 5.45. The molecule has 2 aliphatic rings. The fraction of sp³-hybridized carbons (Fsp3) is 1.00. The molecule has 2 rings (SSSR count). The Morgan fingerprint density at radius 2 is 1.15 bits per heavy atom. The molecule has 0 saturated carbocycles. The van der Waals surface area contributed by atoms with Crippen molar-refractivity contribution in [3.05, 3.63) is 0 Å². The molecule has 20 heavy (non-hydrogen) atoms. The van der Waals surface area contributed by atoms with Gasteiger partial charge in [-0.25, -0.2) is 0 Å². The summed E-state index contributed by atoms with van der Waals surface area (Å²) in [4.78, 5) is 0. The van der Waals surface area contributed by atoms with E-state index < -0.39 is 0 Å². The second-order valence-corrected chi connectivity index (χ2v) is 4.96. The van der Waals surface area contributed by atoms with Crippen molar-refractivity contribution in [3.63, 3.8) is 0 Å². The van der Waals surface area contributed by atoms with Crippen LogP contribution in [0.1, 0.15) is 12.8 Å². The predicted octanol–water partition coefficient (Wildman–Crippen LogP) is 0.631. The van der Waals surface area contributed by atoms with Gasteiger partial charge in [0, 0.05) is 6.61 Å². The van der Waals surface area contributed by atoms with Crippen LogP contribution in [0.3, 0.4) is 0 Å². The molecule has 6 nitrogen and oxygen atoms in total. The first kappa shape index (κ1) is 16.1. The lowest BCUT2D eigenvalue weighted by atomic mass is 10.3. The second-order valence-electron chi connectivity index (χ2n) is 4.96. The largest absolute Gasteiger partial charge is 0.379 e. The molecule has 0 aromatic rings. The first-order chi connectivity index (χ1) is 9.95. The van der Waals surface area contributed by atoms with Crippen LogP contribution in [0.15, 0.2) is 0 Å². The van der Waals surface area contributed by atoms with Crippen LogP contribution in [0.5, 0.6) is 0 Å². The molecule has 0 N–H and O–H groups in total. The van der Waals surface area contributed by atoms with E-state index in [4.69, 9.17) is 28.4 Å². The Balaban J connectivity index is 1.17. The molecule has 2 atom stereocenters. The highest BCUT2D eigenvalue weighted by Gasteiger charge is 2.22. The van der Waals surface area contributed by atoms with Crippen molar-refractivity contribution in [2.45, 2.75) is 25.0 Å². The summed E-state index contributed by atoms with van der Waals surface area (Å²) in [6.07, 6.45) is 3.02. The summed E-state index contributed by atoms with van der Waals surface area (Å²) < 4.78 is 31.7. The van der Waals surface area contributed by atoms with Gasteiger partial charge in [-0.2, -0.15) is 0 Å². The van der Waals surface area contributed by atoms with Gasteiger partial charge in [0.1, 0.15) is 6.10 Å². The average molecular weight is 290 g/mol. The standard InChI is InChI=1S/C14H26O6/c1(2-13-11-19-13)3-15-4-5-16-6-7-17-8-9-18-10-14-12-20-14/h13-14H,1-12H2. The Kier molecular flexibility index (Phi) is 8.46. The third-order valence-electron chi connectivity index (χ3n) is 3.04. The number of hydrogen-bond donors (Lipinski definition) is 0. The van der Waals surface area contributed by atoms with Gasteiger partial charge in [0.2, 0.25) is 0 Å². The zero-order valence-corrected chi connectivity index (χ0v) is 12.1. The van der Waals surface area contributed by atoms with E-state index in [0.29, 0.717) is 58.5 Å². The van der Waals surface area contributed by atoms with Gasteiger partial charge in [-0.1, -0.05) is 0 Å². The van der Waals surface area contributed by atoms with Crippen LogP contribution in [0.2, 0.25) is 0 Å². The molecule has 0 aromatic heterocycles. The highest BCUT2D eigenvalue weighted by Crippen LogP contribution is 2.14. The van der Waals surface area contributed by atoms with Gasteiger partial charge in [-0.05, 0) is 12.8 Å². The molecule has 2 heterocycles. The number of rotatable bonds is 15. The molecule has 2 saturated heterocycles. The van der Waals surface area contributed by atoms with Gasteiger partial charge >= 0.3 is 0 Å². The van der Waals surface area contributed by atoms with E-state index in [9.17, 15) is 0 Å². The average Bonchev–Trinajstić information content (AvgIpc) is 3.34. The Morgan fingerprint density at radius 3 is 1.70 bits per heavy atom. The monoisotopic (exact) mass is 290 g/mol. The molecule has 2 aliphatic heterocycles. The van der Waals surface area contributed by atoms with Crippen molar-refractivity contribution >= 4 is 0 Å². The molecular formula is C14H26O6. The molecular weight excluding hydrogens is 264 g/mol. The second kappa shape index (κ2) is 10.5. The molecule has 2 fully saturated rings. The Bertz CT molecular complexity index is 206. The minimum Gasteiger partial charge on any atom is -0.379 e. The van der Waals surface area contributed by atoms with Crippen LogP contribution in [0, 0.1) is 0 Å². The molecule has 0 aromatic carbocycles. The molecule has 0 amide bonds. The summed E-state index contributed by atoms with van der Waals surface area (Å²) in [5.41, 5.74) is 0. The van der Waals surface area contributed by atoms with Crippen molar-refractivity contribution in [2.24, 2.45) is 0 Å². The number of epoxide rings is 2. The van der Waals surface area contributed by atoms with Crippen molar-refractivity contribution in [1.29, 1.82) is 0 Å². The molecule has 0 bridgehead atoms. The summed E-state index contributed by atoms with van der Waals surface area (Å²) in [7, 11) is 0. The number of hydrogen-bond acceptors (Lipinski definition) is 6. The molecule has 2 unspecified atom stereocenters. The molecule has 6 heteroatoms. The van der Waals surface area contributed by atoms with Crippen molar-refractivity contribution < 1.29 is 28.4 Å². The third kappa shape index (κ3) is 9.63. The summed E-state index contributed by atoms with van der Waals surface area (Å²) in [6.45, 7) is 6.95. The molecule has 0 spiro atoms. The van der Waals surface area contributed by atoms with E-state index in [0.717, 1.165) is 32.7 Å². The molecule has 118 valence electrons. The Hall–Kier alpha value is -0.240. The van der Waals surface area contributed by atoms with Crippen LogP contribution in [-0.4, -0.2) is 78.3 Å². The third-order valence-corrected chi connectivity index (χ3v) is 3.04. The van der Waals surface area contributed by atoms with E-state index in [1.807, 2.05) is 0 Å². The van der Waals surface area contributed by atoms with Gasteiger partial charge in [0.25, 0.3) is 0 Å². The highest BCUT2D eigenvalue weighted by atomic mass is 16.6. The minimum absolute atomic E-state index is 0.329. The van der Waals surface area contributed by atoms with Gasteiger partial charge in [0.05, 0.1) is 65.6 Å². The van der Waals surface area contributed by atoms with Crippen molar-refractivity contribution in [1.82, 2.24) is 0 Å². The predicted molar refractivity (Wildman–Crippen MR) is 72.0 cm³/mol. The first-order valence-electron chi connectivity index (χ1n) is 7.49. The first-order valence-corrected chi connectivity index (χ1v) is 7.49. The lowest BCUT2D eigenvalue weighted by Crippen LogP contribution is -2.13. The maximum Gasteiger partial charge on any atom is 0.104 e. The van der Waals surface area contributed by atoms with E-state index in [-0.39, 0.29) is 0 Å². The SMILES string of the molecule is C(COCCOCCOCCOCC1CO1)CC1CO1. The fourth-order valence-electron chi connectivity index (χ4n) is 1.69. The fourth-order valence-corrected chi connectivity index (χ4v) is 1.69. The van der Waals surface area contributed by atoms with Crippen LogP contribution in [0.4, 0.5) is 0 Å². The molecule has 0 aliphatic carbocycles. The van der Waals surface area contributed by atoms with E-state index in [1.54, 1.807) is 0 Å². The summed E-state index contributed by atoms with van der Waals surface area (Å²) in [6, 6.07) is 0. The van der Waals surface area contributed by atoms with Crippen molar-refractivity contribution in [3.8, 4) is 0 Å². The van der Waals surface area contributed by atoms with Gasteiger partial charge in [-0.15, -0.1) is 0 Å². The van der Waals surface area contributed by atoms with E-state index in [2.05, 4.69) is 0 Å². The quantitative estimate of drug-likeness (QED) is 0.326. The lowest BCUT2D eigenvalue weighted by molar-refractivity contribution is -0.00361. The zero-order valence-electron chi connectivity index (χ0n) is 12.1. The van der Waals surface area contributed by atoms with E-state index in [1.165, 1.54) is 0 Å². The van der Waals surface area contributed by atoms with Gasteiger partial charge in [-0.3, -0.25) is 0 Å². The smallest absolute Gasteiger partial charge is 0.104 e. The number of ether oxygens (including phenoxy) is 6. The normalized spacial score (nSPS) is 24.0. The maximum absolute atomic E-state index is 5.45. The summed E-state index contributed by atoms with van der Waals surface area (Å²) in [5, 5.41) is 0. The Labute approximate surface area is 120 Å². The zero-order chi connectivity index (χ0) is 13.9. The van der Waals surface area contributed by atoms with Gasteiger partial charge < -0.3 is 28.4 Å². The molecule has 0 radical (unpaired) electrons. The van der Waals surface area contributed by atoms with Crippen LogP contribution in [0.25, 0.3) is 0 Å². The lowest BCUT2D eigenvalue weighted by Gasteiger charge is -2.07. The highest BCUT2D eigenvalue weighted by molar-refractivity contribution is 4.68. The van der Waals surface area contributed by atoms with Crippen molar-refractivity contribution in [2.75, 3.05) is 66.1 Å². The topological polar surface area (TPSA) is 62.0 Å².